The molecule has 0 saturated heterocycles. The van der Waals surface area contributed by atoms with E-state index in [1.807, 2.05) is 43.1 Å². The molecule has 2 aromatic rings. The monoisotopic (exact) mass is 273 g/mol. The Balaban J connectivity index is 2.25. The van der Waals surface area contributed by atoms with Crippen LogP contribution in [0.4, 0.5) is 10.1 Å². The summed E-state index contributed by atoms with van der Waals surface area (Å²) in [5.74, 6) is -0.197. The zero-order chi connectivity index (χ0) is 14.5. The molecule has 0 atom stereocenters. The number of hydrogen-bond acceptors (Lipinski definition) is 3. The number of pyridine rings is 1. The van der Waals surface area contributed by atoms with Crippen molar-refractivity contribution in [2.24, 2.45) is 5.73 Å². The lowest BCUT2D eigenvalue weighted by Crippen LogP contribution is -2.20. The zero-order valence-corrected chi connectivity index (χ0v) is 11.9. The first-order valence-electron chi connectivity index (χ1n) is 6.73. The Hall–Kier alpha value is -1.94. The van der Waals surface area contributed by atoms with E-state index in [2.05, 4.69) is 4.98 Å². The predicted octanol–water partition coefficient (Wildman–Crippen LogP) is 2.67. The number of halogens is 1. The molecular formula is C16H20FN3. The highest BCUT2D eigenvalue weighted by atomic mass is 19.1. The molecule has 0 saturated carbocycles. The van der Waals surface area contributed by atoms with Gasteiger partial charge in [-0.25, -0.2) is 4.39 Å². The van der Waals surface area contributed by atoms with Crippen molar-refractivity contribution in [3.63, 3.8) is 0 Å². The van der Waals surface area contributed by atoms with Gasteiger partial charge < -0.3 is 10.6 Å². The van der Waals surface area contributed by atoms with Gasteiger partial charge in [0, 0.05) is 24.0 Å². The van der Waals surface area contributed by atoms with Gasteiger partial charge in [-0.2, -0.15) is 0 Å². The second-order valence-corrected chi connectivity index (χ2v) is 4.90. The topological polar surface area (TPSA) is 42.1 Å². The standard InChI is InChI=1S/C16H20FN3/c1-12-5-3-6-13(19-12)11-20(2)16-8-4-7-15(17)14(16)9-10-18/h3-8H,9-11,18H2,1-2H3. The summed E-state index contributed by atoms with van der Waals surface area (Å²) < 4.78 is 13.9. The highest BCUT2D eigenvalue weighted by molar-refractivity contribution is 5.54. The first-order valence-corrected chi connectivity index (χ1v) is 6.73. The molecule has 20 heavy (non-hydrogen) atoms. The average Bonchev–Trinajstić information content (AvgIpc) is 2.41. The molecule has 0 bridgehead atoms. The summed E-state index contributed by atoms with van der Waals surface area (Å²) in [7, 11) is 1.94. The van der Waals surface area contributed by atoms with E-state index < -0.39 is 0 Å². The molecule has 2 rings (SSSR count). The van der Waals surface area contributed by atoms with E-state index in [1.165, 1.54) is 6.07 Å². The van der Waals surface area contributed by atoms with Crippen molar-refractivity contribution in [3.05, 3.63) is 59.2 Å². The second-order valence-electron chi connectivity index (χ2n) is 4.90. The SMILES string of the molecule is Cc1cccc(CN(C)c2cccc(F)c2CCN)n1. The molecule has 1 heterocycles. The van der Waals surface area contributed by atoms with Gasteiger partial charge in [-0.15, -0.1) is 0 Å². The van der Waals surface area contributed by atoms with Gasteiger partial charge in [0.15, 0.2) is 0 Å². The Labute approximate surface area is 119 Å². The van der Waals surface area contributed by atoms with Crippen LogP contribution in [-0.4, -0.2) is 18.6 Å². The third-order valence-corrected chi connectivity index (χ3v) is 3.24. The molecule has 0 unspecified atom stereocenters. The van der Waals surface area contributed by atoms with E-state index in [9.17, 15) is 4.39 Å². The van der Waals surface area contributed by atoms with Crippen LogP contribution in [0.3, 0.4) is 0 Å². The lowest BCUT2D eigenvalue weighted by atomic mass is 10.1. The van der Waals surface area contributed by atoms with Gasteiger partial charge in [-0.1, -0.05) is 12.1 Å². The van der Waals surface area contributed by atoms with E-state index >= 15 is 0 Å². The molecule has 0 aliphatic carbocycles. The molecule has 1 aromatic heterocycles. The molecule has 0 aliphatic rings. The molecule has 2 N–H and O–H groups in total. The van der Waals surface area contributed by atoms with Gasteiger partial charge in [0.05, 0.1) is 12.2 Å². The molecular weight excluding hydrogens is 253 g/mol. The van der Waals surface area contributed by atoms with E-state index in [-0.39, 0.29) is 5.82 Å². The van der Waals surface area contributed by atoms with Crippen LogP contribution in [-0.2, 0) is 13.0 Å². The van der Waals surface area contributed by atoms with Crippen molar-refractivity contribution in [1.29, 1.82) is 0 Å². The molecule has 1 aromatic carbocycles. The maximum Gasteiger partial charge on any atom is 0.128 e. The van der Waals surface area contributed by atoms with Gasteiger partial charge in [-0.05, 0) is 44.2 Å². The molecule has 0 amide bonds. The Kier molecular flexibility index (Phi) is 4.69. The highest BCUT2D eigenvalue weighted by Crippen LogP contribution is 2.23. The van der Waals surface area contributed by atoms with Crippen LogP contribution in [0.1, 0.15) is 17.0 Å². The predicted molar refractivity (Wildman–Crippen MR) is 80.2 cm³/mol. The number of nitrogens with two attached hydrogens (primary N) is 1. The summed E-state index contributed by atoms with van der Waals surface area (Å²) in [6.07, 6.45) is 0.535. The van der Waals surface area contributed by atoms with Gasteiger partial charge >= 0.3 is 0 Å². The van der Waals surface area contributed by atoms with Crippen LogP contribution in [0.5, 0.6) is 0 Å². The van der Waals surface area contributed by atoms with E-state index in [4.69, 9.17) is 5.73 Å². The third-order valence-electron chi connectivity index (χ3n) is 3.24. The lowest BCUT2D eigenvalue weighted by molar-refractivity contribution is 0.608. The minimum atomic E-state index is -0.197. The average molecular weight is 273 g/mol. The van der Waals surface area contributed by atoms with Crippen LogP contribution in [0.25, 0.3) is 0 Å². The minimum absolute atomic E-state index is 0.197. The van der Waals surface area contributed by atoms with E-state index in [0.29, 0.717) is 25.1 Å². The summed E-state index contributed by atoms with van der Waals surface area (Å²) in [4.78, 5) is 6.49. The van der Waals surface area contributed by atoms with Crippen LogP contribution in [0, 0.1) is 12.7 Å². The van der Waals surface area contributed by atoms with E-state index in [0.717, 1.165) is 17.1 Å². The Bertz CT molecular complexity index is 584. The van der Waals surface area contributed by atoms with Gasteiger partial charge in [0.1, 0.15) is 5.82 Å². The normalized spacial score (nSPS) is 10.6. The molecule has 106 valence electrons. The second kappa shape index (κ2) is 6.48. The minimum Gasteiger partial charge on any atom is -0.368 e. The summed E-state index contributed by atoms with van der Waals surface area (Å²) in [5.41, 5.74) is 9.07. The summed E-state index contributed by atoms with van der Waals surface area (Å²) >= 11 is 0. The molecule has 0 fully saturated rings. The Morgan fingerprint density at radius 1 is 1.20 bits per heavy atom. The maximum atomic E-state index is 13.9. The lowest BCUT2D eigenvalue weighted by Gasteiger charge is -2.22. The molecule has 4 heteroatoms. The highest BCUT2D eigenvalue weighted by Gasteiger charge is 2.12. The van der Waals surface area contributed by atoms with Gasteiger partial charge in [-0.3, -0.25) is 4.98 Å². The van der Waals surface area contributed by atoms with Crippen molar-refractivity contribution >= 4 is 5.69 Å². The fraction of sp³-hybridized carbons (Fsp3) is 0.312. The van der Waals surface area contributed by atoms with E-state index in [1.54, 1.807) is 6.07 Å². The fourth-order valence-corrected chi connectivity index (χ4v) is 2.31. The smallest absolute Gasteiger partial charge is 0.128 e. The fourth-order valence-electron chi connectivity index (χ4n) is 2.31. The zero-order valence-electron chi connectivity index (χ0n) is 11.9. The van der Waals surface area contributed by atoms with Crippen molar-refractivity contribution in [2.75, 3.05) is 18.5 Å². The summed E-state index contributed by atoms with van der Waals surface area (Å²) in [5, 5.41) is 0. The first-order chi connectivity index (χ1) is 9.61. The molecule has 0 spiro atoms. The number of aryl methyl sites for hydroxylation is 1. The number of rotatable bonds is 5. The van der Waals surface area contributed by atoms with Crippen LogP contribution in [0.15, 0.2) is 36.4 Å². The molecule has 0 aliphatic heterocycles. The summed E-state index contributed by atoms with van der Waals surface area (Å²) in [6, 6.07) is 11.1. The number of anilines is 1. The number of benzene rings is 1. The molecule has 0 radical (unpaired) electrons. The van der Waals surface area contributed by atoms with Crippen molar-refractivity contribution in [1.82, 2.24) is 4.98 Å². The van der Waals surface area contributed by atoms with Gasteiger partial charge in [0.2, 0.25) is 0 Å². The van der Waals surface area contributed by atoms with Crippen LogP contribution >= 0.6 is 0 Å². The van der Waals surface area contributed by atoms with Gasteiger partial charge in [0.25, 0.3) is 0 Å². The Morgan fingerprint density at radius 3 is 2.65 bits per heavy atom. The van der Waals surface area contributed by atoms with Crippen molar-refractivity contribution in [3.8, 4) is 0 Å². The van der Waals surface area contributed by atoms with Crippen LogP contribution in [0.2, 0.25) is 0 Å². The largest absolute Gasteiger partial charge is 0.368 e. The Morgan fingerprint density at radius 2 is 1.95 bits per heavy atom. The number of aromatic nitrogens is 1. The third kappa shape index (κ3) is 3.33. The molecule has 3 nitrogen and oxygen atoms in total. The van der Waals surface area contributed by atoms with Crippen molar-refractivity contribution in [2.45, 2.75) is 19.9 Å². The van der Waals surface area contributed by atoms with Crippen molar-refractivity contribution < 1.29 is 4.39 Å². The van der Waals surface area contributed by atoms with Crippen LogP contribution < -0.4 is 10.6 Å². The first kappa shape index (κ1) is 14.5. The summed E-state index contributed by atoms with van der Waals surface area (Å²) in [6.45, 7) is 3.04. The number of hydrogen-bond donors (Lipinski definition) is 1. The quantitative estimate of drug-likeness (QED) is 0.910. The maximum absolute atomic E-state index is 13.9. The number of nitrogens with zero attached hydrogens (tertiary/aromatic N) is 2.